The van der Waals surface area contributed by atoms with Crippen LogP contribution in [0.15, 0.2) is 78.9 Å². The molecule has 0 fully saturated rings. The van der Waals surface area contributed by atoms with Crippen molar-refractivity contribution in [3.8, 4) is 22.6 Å². The zero-order valence-corrected chi connectivity index (χ0v) is 22.6. The Morgan fingerprint density at radius 2 is 1.77 bits per heavy atom. The molecule has 4 aromatic rings. The van der Waals surface area contributed by atoms with Gasteiger partial charge in [0, 0.05) is 23.8 Å². The zero-order chi connectivity index (χ0) is 27.3. The van der Waals surface area contributed by atoms with Crippen molar-refractivity contribution < 1.29 is 18.3 Å². The highest BCUT2D eigenvalue weighted by Crippen LogP contribution is 2.55. The normalized spacial score (nSPS) is 19.4. The second-order valence-corrected chi connectivity index (χ2v) is 12.1. The summed E-state index contributed by atoms with van der Waals surface area (Å²) in [6, 6.07) is 25.8. The van der Waals surface area contributed by atoms with Gasteiger partial charge in [0.05, 0.1) is 19.4 Å². The van der Waals surface area contributed by atoms with Gasteiger partial charge in [0.15, 0.2) is 11.5 Å². The molecule has 4 aromatic carbocycles. The second kappa shape index (κ2) is 9.63. The lowest BCUT2D eigenvalue weighted by atomic mass is 9.74. The Hall–Kier alpha value is -4.01. The molecule has 0 aromatic heterocycles. The Kier molecular flexibility index (Phi) is 6.24. The second-order valence-electron chi connectivity index (χ2n) is 10.4. The first kappa shape index (κ1) is 25.3. The van der Waals surface area contributed by atoms with Crippen molar-refractivity contribution in [2.24, 2.45) is 11.7 Å². The van der Waals surface area contributed by atoms with E-state index in [2.05, 4.69) is 52.5 Å². The number of nitrogens with two attached hydrogens (primary N) is 1. The van der Waals surface area contributed by atoms with E-state index in [4.69, 9.17) is 10.5 Å². The van der Waals surface area contributed by atoms with E-state index >= 15 is 0 Å². The summed E-state index contributed by atoms with van der Waals surface area (Å²) >= 11 is 0. The average Bonchev–Trinajstić information content (AvgIpc) is 3.32. The number of benzene rings is 4. The van der Waals surface area contributed by atoms with Crippen molar-refractivity contribution in [3.63, 3.8) is 0 Å². The number of sulfonamides is 1. The Morgan fingerprint density at radius 1 is 1.00 bits per heavy atom. The number of methoxy groups -OCH3 is 1. The largest absolute Gasteiger partial charge is 0.504 e. The van der Waals surface area contributed by atoms with Gasteiger partial charge in [0.2, 0.25) is 10.0 Å². The smallest absolute Gasteiger partial charge is 0.229 e. The standard InChI is InChI=1S/C31H31N3O4S/c1-38-29-16-24(23(15-28(29)35)19-8-10-21(11-9-19)34-39(2,36)37)31-26-14-20-5-3-4-6-22(20)30(26)25-13-18(17-32)7-12-27(25)33-31/h3-13,15-16,26,30-31,33-35H,14,17,32H2,1-2H3. The first-order valence-corrected chi connectivity index (χ1v) is 14.8. The van der Waals surface area contributed by atoms with Crippen LogP contribution in [0.1, 0.15) is 39.8 Å². The number of hydrogen-bond donors (Lipinski definition) is 4. The molecule has 1 heterocycles. The number of phenolic OH excluding ortho intramolecular Hbond substituents is 1. The summed E-state index contributed by atoms with van der Waals surface area (Å²) in [5.74, 6) is 0.872. The molecule has 0 bridgehead atoms. The van der Waals surface area contributed by atoms with Crippen molar-refractivity contribution in [2.45, 2.75) is 24.9 Å². The summed E-state index contributed by atoms with van der Waals surface area (Å²) in [6.45, 7) is 0.485. The van der Waals surface area contributed by atoms with Crippen LogP contribution >= 0.6 is 0 Å². The predicted molar refractivity (Wildman–Crippen MR) is 155 cm³/mol. The van der Waals surface area contributed by atoms with Gasteiger partial charge < -0.3 is 20.9 Å². The molecule has 200 valence electrons. The maximum Gasteiger partial charge on any atom is 0.229 e. The number of hydrogen-bond acceptors (Lipinski definition) is 6. The van der Waals surface area contributed by atoms with Gasteiger partial charge in [-0.05, 0) is 81.6 Å². The Morgan fingerprint density at radius 3 is 2.49 bits per heavy atom. The molecule has 0 saturated carbocycles. The molecule has 2 aliphatic rings. The van der Waals surface area contributed by atoms with Crippen molar-refractivity contribution in [3.05, 3.63) is 107 Å². The van der Waals surface area contributed by atoms with Gasteiger partial charge in [-0.3, -0.25) is 4.72 Å². The lowest BCUT2D eigenvalue weighted by Gasteiger charge is -2.39. The Bertz CT molecular complexity index is 1670. The molecule has 0 saturated heterocycles. The number of aromatic hydroxyl groups is 1. The van der Waals surface area contributed by atoms with Gasteiger partial charge >= 0.3 is 0 Å². The summed E-state index contributed by atoms with van der Waals surface area (Å²) in [7, 11) is -1.84. The number of anilines is 2. The topological polar surface area (TPSA) is 114 Å². The minimum Gasteiger partial charge on any atom is -0.504 e. The lowest BCUT2D eigenvalue weighted by Crippen LogP contribution is -2.31. The van der Waals surface area contributed by atoms with Crippen molar-refractivity contribution in [2.75, 3.05) is 23.4 Å². The summed E-state index contributed by atoms with van der Waals surface area (Å²) < 4.78 is 31.5. The Labute approximate surface area is 228 Å². The molecular formula is C31H31N3O4S. The highest BCUT2D eigenvalue weighted by atomic mass is 32.2. The average molecular weight is 542 g/mol. The van der Waals surface area contributed by atoms with Crippen molar-refractivity contribution in [1.29, 1.82) is 0 Å². The van der Waals surface area contributed by atoms with Crippen LogP contribution in [0.3, 0.4) is 0 Å². The van der Waals surface area contributed by atoms with Crippen LogP contribution in [-0.2, 0) is 23.0 Å². The van der Waals surface area contributed by atoms with Crippen LogP contribution < -0.4 is 20.5 Å². The molecule has 1 aliphatic heterocycles. The molecule has 7 nitrogen and oxygen atoms in total. The fourth-order valence-electron chi connectivity index (χ4n) is 6.23. The number of fused-ring (bicyclic) bond motifs is 5. The van der Waals surface area contributed by atoms with Crippen LogP contribution in [0, 0.1) is 5.92 Å². The monoisotopic (exact) mass is 541 g/mol. The fraction of sp³-hybridized carbons (Fsp3) is 0.226. The van der Waals surface area contributed by atoms with Crippen molar-refractivity contribution >= 4 is 21.4 Å². The quantitative estimate of drug-likeness (QED) is 0.261. The minimum atomic E-state index is -3.39. The molecule has 8 heteroatoms. The SMILES string of the molecule is COc1cc(C2Nc3ccc(CN)cc3C3c4ccccc4CC23)c(-c2ccc(NS(C)(=O)=O)cc2)cc1O. The van der Waals surface area contributed by atoms with E-state index in [-0.39, 0.29) is 23.6 Å². The first-order valence-electron chi connectivity index (χ1n) is 12.9. The molecule has 3 unspecified atom stereocenters. The van der Waals surface area contributed by atoms with Gasteiger partial charge in [-0.25, -0.2) is 8.42 Å². The van der Waals surface area contributed by atoms with E-state index in [1.807, 2.05) is 18.2 Å². The van der Waals surface area contributed by atoms with Crippen LogP contribution in [0.5, 0.6) is 11.5 Å². The van der Waals surface area contributed by atoms with Gasteiger partial charge in [0.25, 0.3) is 0 Å². The van der Waals surface area contributed by atoms with Gasteiger partial charge in [-0.15, -0.1) is 0 Å². The third kappa shape index (κ3) is 4.60. The molecule has 3 atom stereocenters. The van der Waals surface area contributed by atoms with Crippen LogP contribution in [0.25, 0.3) is 11.1 Å². The van der Waals surface area contributed by atoms with E-state index < -0.39 is 10.0 Å². The van der Waals surface area contributed by atoms with Gasteiger partial charge in [0.1, 0.15) is 0 Å². The first-order chi connectivity index (χ1) is 18.8. The van der Waals surface area contributed by atoms with Gasteiger partial charge in [-0.1, -0.05) is 48.5 Å². The van der Waals surface area contributed by atoms with Gasteiger partial charge in [-0.2, -0.15) is 0 Å². The number of phenols is 1. The van der Waals surface area contributed by atoms with Crippen LogP contribution in [0.2, 0.25) is 0 Å². The van der Waals surface area contributed by atoms with Crippen LogP contribution in [-0.4, -0.2) is 26.9 Å². The molecule has 0 radical (unpaired) electrons. The zero-order valence-electron chi connectivity index (χ0n) is 21.8. The summed E-state index contributed by atoms with van der Waals surface area (Å²) in [5.41, 5.74) is 15.3. The number of nitrogens with one attached hydrogen (secondary N) is 2. The van der Waals surface area contributed by atoms with E-state index in [1.165, 1.54) is 16.7 Å². The highest BCUT2D eigenvalue weighted by Gasteiger charge is 2.44. The predicted octanol–water partition coefficient (Wildman–Crippen LogP) is 5.37. The molecular weight excluding hydrogens is 510 g/mol. The van der Waals surface area contributed by atoms with E-state index in [0.717, 1.165) is 40.6 Å². The molecule has 1 aliphatic carbocycles. The summed E-state index contributed by atoms with van der Waals surface area (Å²) in [4.78, 5) is 0. The van der Waals surface area contributed by atoms with E-state index in [0.29, 0.717) is 18.0 Å². The van der Waals surface area contributed by atoms with Crippen LogP contribution in [0.4, 0.5) is 11.4 Å². The van der Waals surface area contributed by atoms with E-state index in [1.54, 1.807) is 25.3 Å². The molecule has 0 spiro atoms. The minimum absolute atomic E-state index is 0.0460. The maximum atomic E-state index is 11.7. The summed E-state index contributed by atoms with van der Waals surface area (Å²) in [6.07, 6.45) is 2.03. The lowest BCUT2D eigenvalue weighted by molar-refractivity contribution is 0.370. The molecule has 5 N–H and O–H groups in total. The van der Waals surface area contributed by atoms with Crippen molar-refractivity contribution in [1.82, 2.24) is 0 Å². The van der Waals surface area contributed by atoms with E-state index in [9.17, 15) is 13.5 Å². The third-order valence-corrected chi connectivity index (χ3v) is 8.49. The number of rotatable bonds is 6. The summed E-state index contributed by atoms with van der Waals surface area (Å²) in [5, 5.41) is 14.6. The highest BCUT2D eigenvalue weighted by molar-refractivity contribution is 7.92. The molecule has 6 rings (SSSR count). The molecule has 0 amide bonds. The Balaban J connectivity index is 1.50. The maximum absolute atomic E-state index is 11.7. The number of ether oxygens (including phenoxy) is 1. The molecule has 39 heavy (non-hydrogen) atoms. The third-order valence-electron chi connectivity index (χ3n) is 7.89. The fourth-order valence-corrected chi connectivity index (χ4v) is 6.80.